The molecule has 5 nitrogen and oxygen atoms in total. The number of nitrogens with two attached hydrogens (primary N) is 1. The number of carbonyl (C=O) groups excluding carboxylic acids is 1. The van der Waals surface area contributed by atoms with E-state index in [1.165, 1.54) is 6.20 Å². The second-order valence-electron chi connectivity index (χ2n) is 4.38. The lowest BCUT2D eigenvalue weighted by Crippen LogP contribution is -2.16. The van der Waals surface area contributed by atoms with Gasteiger partial charge in [0, 0.05) is 10.7 Å². The Morgan fingerprint density at radius 2 is 2.19 bits per heavy atom. The summed E-state index contributed by atoms with van der Waals surface area (Å²) in [5.41, 5.74) is 7.31. The van der Waals surface area contributed by atoms with Crippen LogP contribution < -0.4 is 15.8 Å². The molecular weight excluding hydrogens is 290 g/mol. The van der Waals surface area contributed by atoms with Crippen LogP contribution in [-0.4, -0.2) is 17.5 Å². The van der Waals surface area contributed by atoms with Gasteiger partial charge in [0.05, 0.1) is 30.6 Å². The number of ether oxygens (including phenoxy) is 1. The van der Waals surface area contributed by atoms with E-state index in [1.807, 2.05) is 6.92 Å². The molecule has 6 heteroatoms. The Morgan fingerprint density at radius 3 is 2.86 bits per heavy atom. The minimum Gasteiger partial charge on any atom is -0.492 e. The van der Waals surface area contributed by atoms with Crippen molar-refractivity contribution in [3.8, 4) is 5.75 Å². The molecule has 0 saturated heterocycles. The van der Waals surface area contributed by atoms with E-state index in [9.17, 15) is 4.79 Å². The van der Waals surface area contributed by atoms with E-state index < -0.39 is 0 Å². The third-order valence-corrected chi connectivity index (χ3v) is 2.94. The Morgan fingerprint density at radius 1 is 1.38 bits per heavy atom. The van der Waals surface area contributed by atoms with Crippen LogP contribution in [0.3, 0.4) is 0 Å². The molecule has 2 rings (SSSR count). The number of hydrogen-bond acceptors (Lipinski definition) is 4. The second-order valence-corrected chi connectivity index (χ2v) is 4.82. The Bertz CT molecular complexity index is 629. The van der Waals surface area contributed by atoms with Crippen molar-refractivity contribution >= 4 is 28.9 Å². The molecule has 0 aliphatic heterocycles. The Balaban J connectivity index is 2.08. The lowest BCUT2D eigenvalue weighted by Gasteiger charge is -2.11. The van der Waals surface area contributed by atoms with E-state index in [4.69, 9.17) is 22.1 Å². The van der Waals surface area contributed by atoms with Crippen molar-refractivity contribution in [3.63, 3.8) is 0 Å². The number of aromatic nitrogens is 1. The zero-order chi connectivity index (χ0) is 15.2. The predicted octanol–water partition coefficient (Wildman–Crippen LogP) is 2.90. The summed E-state index contributed by atoms with van der Waals surface area (Å²) in [5, 5.41) is 3.31. The summed E-state index contributed by atoms with van der Waals surface area (Å²) in [6, 6.07) is 8.52. The van der Waals surface area contributed by atoms with E-state index in [0.29, 0.717) is 34.4 Å². The van der Waals surface area contributed by atoms with Gasteiger partial charge in [0.15, 0.2) is 0 Å². The first-order valence-corrected chi connectivity index (χ1v) is 6.89. The molecule has 1 heterocycles. The standard InChI is InChI=1S/C15H16ClN3O2/c1-2-21-14-6-3-10(16)7-13(14)19-15(20)8-12-5-4-11(17)9-18-12/h3-7,9H,2,8,17H2,1H3,(H,19,20). The highest BCUT2D eigenvalue weighted by Gasteiger charge is 2.10. The molecule has 1 aromatic carbocycles. The molecule has 21 heavy (non-hydrogen) atoms. The number of hydrogen-bond donors (Lipinski definition) is 2. The van der Waals surface area contributed by atoms with Crippen molar-refractivity contribution in [2.24, 2.45) is 0 Å². The van der Waals surface area contributed by atoms with Crippen LogP contribution in [0.2, 0.25) is 5.02 Å². The summed E-state index contributed by atoms with van der Waals surface area (Å²) in [7, 11) is 0. The highest BCUT2D eigenvalue weighted by Crippen LogP contribution is 2.28. The molecule has 0 saturated carbocycles. The van der Waals surface area contributed by atoms with Crippen molar-refractivity contribution in [1.29, 1.82) is 0 Å². The fraction of sp³-hybridized carbons (Fsp3) is 0.200. The smallest absolute Gasteiger partial charge is 0.230 e. The molecule has 0 atom stereocenters. The van der Waals surface area contributed by atoms with Gasteiger partial charge in [-0.2, -0.15) is 0 Å². The van der Waals surface area contributed by atoms with Crippen molar-refractivity contribution in [1.82, 2.24) is 4.98 Å². The zero-order valence-electron chi connectivity index (χ0n) is 11.6. The molecule has 3 N–H and O–H groups in total. The quantitative estimate of drug-likeness (QED) is 0.890. The summed E-state index contributed by atoms with van der Waals surface area (Å²) >= 11 is 5.94. The number of anilines is 2. The van der Waals surface area contributed by atoms with E-state index in [1.54, 1.807) is 30.3 Å². The first kappa shape index (κ1) is 15.1. The van der Waals surface area contributed by atoms with Crippen LogP contribution >= 0.6 is 11.6 Å². The number of benzene rings is 1. The lowest BCUT2D eigenvalue weighted by molar-refractivity contribution is -0.115. The number of halogens is 1. The van der Waals surface area contributed by atoms with Gasteiger partial charge in [-0.1, -0.05) is 11.6 Å². The van der Waals surface area contributed by atoms with E-state index >= 15 is 0 Å². The highest BCUT2D eigenvalue weighted by atomic mass is 35.5. The number of nitrogens with zero attached hydrogens (tertiary/aromatic N) is 1. The predicted molar refractivity (Wildman–Crippen MR) is 83.6 cm³/mol. The molecule has 2 aromatic rings. The molecule has 0 radical (unpaired) electrons. The summed E-state index contributed by atoms with van der Waals surface area (Å²) < 4.78 is 5.45. The van der Waals surface area contributed by atoms with Gasteiger partial charge in [0.1, 0.15) is 5.75 Å². The Labute approximate surface area is 128 Å². The van der Waals surface area contributed by atoms with Gasteiger partial charge in [-0.15, -0.1) is 0 Å². The van der Waals surface area contributed by atoms with Crippen molar-refractivity contribution in [2.75, 3.05) is 17.7 Å². The van der Waals surface area contributed by atoms with E-state index in [0.717, 1.165) is 0 Å². The van der Waals surface area contributed by atoms with Crippen LogP contribution in [0.5, 0.6) is 5.75 Å². The molecule has 110 valence electrons. The highest BCUT2D eigenvalue weighted by molar-refractivity contribution is 6.31. The number of rotatable bonds is 5. The van der Waals surface area contributed by atoms with Crippen molar-refractivity contribution in [3.05, 3.63) is 47.2 Å². The second kappa shape index (κ2) is 6.95. The largest absolute Gasteiger partial charge is 0.492 e. The van der Waals surface area contributed by atoms with Gasteiger partial charge in [0.25, 0.3) is 0 Å². The maximum Gasteiger partial charge on any atom is 0.230 e. The zero-order valence-corrected chi connectivity index (χ0v) is 12.4. The fourth-order valence-corrected chi connectivity index (χ4v) is 1.95. The third kappa shape index (κ3) is 4.36. The van der Waals surface area contributed by atoms with Gasteiger partial charge in [0.2, 0.25) is 5.91 Å². The molecule has 0 bridgehead atoms. The molecule has 0 aliphatic rings. The van der Waals surface area contributed by atoms with Crippen molar-refractivity contribution < 1.29 is 9.53 Å². The topological polar surface area (TPSA) is 77.2 Å². The molecule has 1 amide bonds. The average Bonchev–Trinajstić information content (AvgIpc) is 2.44. The van der Waals surface area contributed by atoms with Gasteiger partial charge in [-0.25, -0.2) is 0 Å². The summed E-state index contributed by atoms with van der Waals surface area (Å²) in [6.45, 7) is 2.38. The van der Waals surface area contributed by atoms with Gasteiger partial charge in [-0.3, -0.25) is 9.78 Å². The molecular formula is C15H16ClN3O2. The summed E-state index contributed by atoms with van der Waals surface area (Å²) in [6.07, 6.45) is 1.67. The number of amides is 1. The maximum absolute atomic E-state index is 12.1. The Hall–Kier alpha value is -2.27. The van der Waals surface area contributed by atoms with Crippen molar-refractivity contribution in [2.45, 2.75) is 13.3 Å². The minimum absolute atomic E-state index is 0.151. The summed E-state index contributed by atoms with van der Waals surface area (Å²) in [5.74, 6) is 0.385. The summed E-state index contributed by atoms with van der Waals surface area (Å²) in [4.78, 5) is 16.1. The first-order valence-electron chi connectivity index (χ1n) is 6.51. The normalized spacial score (nSPS) is 10.2. The van der Waals surface area contributed by atoms with Gasteiger partial charge >= 0.3 is 0 Å². The third-order valence-electron chi connectivity index (χ3n) is 2.70. The van der Waals surface area contributed by atoms with E-state index in [-0.39, 0.29) is 12.3 Å². The van der Waals surface area contributed by atoms with Crippen LogP contribution in [0.15, 0.2) is 36.5 Å². The fourth-order valence-electron chi connectivity index (χ4n) is 1.78. The number of nitrogens with one attached hydrogen (secondary N) is 1. The van der Waals surface area contributed by atoms with Gasteiger partial charge < -0.3 is 15.8 Å². The Kier molecular flexibility index (Phi) is 5.00. The minimum atomic E-state index is -0.199. The maximum atomic E-state index is 12.1. The van der Waals surface area contributed by atoms with Crippen LogP contribution in [0, 0.1) is 0 Å². The molecule has 0 spiro atoms. The van der Waals surface area contributed by atoms with Crippen LogP contribution in [-0.2, 0) is 11.2 Å². The molecule has 0 unspecified atom stereocenters. The first-order chi connectivity index (χ1) is 10.1. The lowest BCUT2D eigenvalue weighted by atomic mass is 10.2. The number of nitrogen functional groups attached to an aromatic ring is 1. The molecule has 0 fully saturated rings. The molecule has 0 aliphatic carbocycles. The van der Waals surface area contributed by atoms with Crippen LogP contribution in [0.25, 0.3) is 0 Å². The monoisotopic (exact) mass is 305 g/mol. The number of pyridine rings is 1. The average molecular weight is 306 g/mol. The molecule has 1 aromatic heterocycles. The van der Waals surface area contributed by atoms with Crippen LogP contribution in [0.4, 0.5) is 11.4 Å². The van der Waals surface area contributed by atoms with Gasteiger partial charge in [-0.05, 0) is 37.3 Å². The van der Waals surface area contributed by atoms with E-state index in [2.05, 4.69) is 10.3 Å². The van der Waals surface area contributed by atoms with Crippen LogP contribution in [0.1, 0.15) is 12.6 Å². The number of carbonyl (C=O) groups is 1. The SMILES string of the molecule is CCOc1ccc(Cl)cc1NC(=O)Cc1ccc(N)cn1.